The minimum atomic E-state index is -0.264. The summed E-state index contributed by atoms with van der Waals surface area (Å²) in [5.41, 5.74) is 0.799. The number of amides is 1. The third-order valence-corrected chi connectivity index (χ3v) is 3.82. The van der Waals surface area contributed by atoms with Crippen LogP contribution in [0.2, 0.25) is 5.02 Å². The van der Waals surface area contributed by atoms with Gasteiger partial charge in [-0.25, -0.2) is 9.67 Å². The SMILES string of the molecule is Cc1ccc(CN(C)C(=O)c2nc(C)n(-c3ccc(Cl)cc3)n2)o1. The highest BCUT2D eigenvalue weighted by Gasteiger charge is 2.20. The molecule has 1 amide bonds. The lowest BCUT2D eigenvalue weighted by Crippen LogP contribution is -2.27. The topological polar surface area (TPSA) is 64.2 Å². The van der Waals surface area contributed by atoms with Gasteiger partial charge in [0.2, 0.25) is 5.82 Å². The highest BCUT2D eigenvalue weighted by Crippen LogP contribution is 2.15. The number of rotatable bonds is 4. The molecule has 7 heteroatoms. The molecule has 0 aliphatic carbocycles. The van der Waals surface area contributed by atoms with Gasteiger partial charge in [-0.1, -0.05) is 11.6 Å². The lowest BCUT2D eigenvalue weighted by Gasteiger charge is -2.13. The molecular weight excluding hydrogens is 328 g/mol. The summed E-state index contributed by atoms with van der Waals surface area (Å²) in [7, 11) is 1.69. The van der Waals surface area contributed by atoms with E-state index in [2.05, 4.69) is 10.1 Å². The van der Waals surface area contributed by atoms with Crippen molar-refractivity contribution in [1.82, 2.24) is 19.7 Å². The standard InChI is InChI=1S/C17H17ClN4O2/c1-11-4-9-15(24-11)10-21(3)17(23)16-19-12(2)22(20-16)14-7-5-13(18)6-8-14/h4-9H,10H2,1-3H3. The summed E-state index contributed by atoms with van der Waals surface area (Å²) in [6.45, 7) is 4.03. The Bertz CT molecular complexity index is 867. The first-order chi connectivity index (χ1) is 11.4. The first kappa shape index (κ1) is 16.3. The van der Waals surface area contributed by atoms with E-state index in [1.54, 1.807) is 30.8 Å². The van der Waals surface area contributed by atoms with Gasteiger partial charge in [0.25, 0.3) is 5.91 Å². The van der Waals surface area contributed by atoms with Crippen molar-refractivity contribution in [3.05, 3.63) is 64.6 Å². The van der Waals surface area contributed by atoms with Gasteiger partial charge in [-0.15, -0.1) is 5.10 Å². The molecule has 0 bridgehead atoms. The number of carbonyl (C=O) groups excluding carboxylic acids is 1. The van der Waals surface area contributed by atoms with E-state index < -0.39 is 0 Å². The average molecular weight is 345 g/mol. The molecule has 0 atom stereocenters. The zero-order valence-corrected chi connectivity index (χ0v) is 14.4. The van der Waals surface area contributed by atoms with Crippen molar-refractivity contribution >= 4 is 17.5 Å². The maximum atomic E-state index is 12.5. The Morgan fingerprint density at radius 3 is 2.54 bits per heavy atom. The van der Waals surface area contributed by atoms with Crippen LogP contribution in [0, 0.1) is 13.8 Å². The van der Waals surface area contributed by atoms with Crippen molar-refractivity contribution in [3.8, 4) is 5.69 Å². The van der Waals surface area contributed by atoms with Crippen LogP contribution in [0.15, 0.2) is 40.8 Å². The van der Waals surface area contributed by atoms with Crippen molar-refractivity contribution < 1.29 is 9.21 Å². The highest BCUT2D eigenvalue weighted by atomic mass is 35.5. The van der Waals surface area contributed by atoms with Gasteiger partial charge in [-0.3, -0.25) is 4.79 Å². The Hall–Kier alpha value is -2.60. The van der Waals surface area contributed by atoms with Crippen LogP contribution in [0.1, 0.15) is 28.0 Å². The smallest absolute Gasteiger partial charge is 0.293 e. The normalized spacial score (nSPS) is 10.8. The molecule has 3 aromatic rings. The summed E-state index contributed by atoms with van der Waals surface area (Å²) in [5, 5.41) is 4.96. The van der Waals surface area contributed by atoms with Crippen LogP contribution >= 0.6 is 11.6 Å². The van der Waals surface area contributed by atoms with E-state index in [1.807, 2.05) is 31.2 Å². The summed E-state index contributed by atoms with van der Waals surface area (Å²) in [6, 6.07) is 10.9. The molecule has 0 spiro atoms. The number of benzene rings is 1. The second-order valence-corrected chi connectivity index (χ2v) is 5.98. The van der Waals surface area contributed by atoms with E-state index >= 15 is 0 Å². The minimum absolute atomic E-state index is 0.147. The predicted molar refractivity (Wildman–Crippen MR) is 90.3 cm³/mol. The molecule has 0 unspecified atom stereocenters. The predicted octanol–water partition coefficient (Wildman–Crippen LogP) is 3.40. The number of aromatic nitrogens is 3. The van der Waals surface area contributed by atoms with Gasteiger partial charge < -0.3 is 9.32 Å². The van der Waals surface area contributed by atoms with Gasteiger partial charge in [-0.2, -0.15) is 0 Å². The second kappa shape index (κ2) is 6.49. The Morgan fingerprint density at radius 1 is 1.21 bits per heavy atom. The fraction of sp³-hybridized carbons (Fsp3) is 0.235. The lowest BCUT2D eigenvalue weighted by atomic mass is 10.3. The molecule has 0 aliphatic heterocycles. The summed E-state index contributed by atoms with van der Waals surface area (Å²) in [5.74, 6) is 2.04. The molecule has 2 aromatic heterocycles. The Morgan fingerprint density at radius 2 is 1.92 bits per heavy atom. The molecule has 0 N–H and O–H groups in total. The van der Waals surface area contributed by atoms with Crippen LogP contribution in [0.4, 0.5) is 0 Å². The number of carbonyl (C=O) groups is 1. The largest absolute Gasteiger partial charge is 0.464 e. The van der Waals surface area contributed by atoms with Crippen molar-refractivity contribution in [2.75, 3.05) is 7.05 Å². The second-order valence-electron chi connectivity index (χ2n) is 5.54. The third-order valence-electron chi connectivity index (χ3n) is 3.57. The van der Waals surface area contributed by atoms with Gasteiger partial charge in [0.1, 0.15) is 17.3 Å². The van der Waals surface area contributed by atoms with Crippen LogP contribution < -0.4 is 0 Å². The molecule has 6 nitrogen and oxygen atoms in total. The number of furan rings is 1. The Labute approximate surface area is 144 Å². The molecule has 24 heavy (non-hydrogen) atoms. The van der Waals surface area contributed by atoms with Crippen LogP contribution in [-0.2, 0) is 6.54 Å². The Kier molecular flexibility index (Phi) is 4.40. The Balaban J connectivity index is 1.80. The molecular formula is C17H17ClN4O2. The third kappa shape index (κ3) is 3.33. The number of hydrogen-bond donors (Lipinski definition) is 0. The van der Waals surface area contributed by atoms with Gasteiger partial charge in [0.15, 0.2) is 0 Å². The van der Waals surface area contributed by atoms with Crippen molar-refractivity contribution in [1.29, 1.82) is 0 Å². The first-order valence-electron chi connectivity index (χ1n) is 7.44. The van der Waals surface area contributed by atoms with Crippen molar-refractivity contribution in [2.24, 2.45) is 0 Å². The number of aryl methyl sites for hydroxylation is 2. The zero-order chi connectivity index (χ0) is 17.3. The molecule has 0 fully saturated rings. The molecule has 0 saturated carbocycles. The monoisotopic (exact) mass is 344 g/mol. The zero-order valence-electron chi connectivity index (χ0n) is 13.7. The number of halogens is 1. The van der Waals surface area contributed by atoms with Gasteiger partial charge in [-0.05, 0) is 50.2 Å². The summed E-state index contributed by atoms with van der Waals surface area (Å²) in [6.07, 6.45) is 0. The maximum Gasteiger partial charge on any atom is 0.293 e. The van der Waals surface area contributed by atoms with E-state index in [0.717, 1.165) is 17.2 Å². The molecule has 2 heterocycles. The summed E-state index contributed by atoms with van der Waals surface area (Å²) in [4.78, 5) is 18.3. The van der Waals surface area contributed by atoms with E-state index in [1.165, 1.54) is 4.90 Å². The van der Waals surface area contributed by atoms with E-state index in [4.69, 9.17) is 16.0 Å². The van der Waals surface area contributed by atoms with E-state index in [0.29, 0.717) is 17.4 Å². The summed E-state index contributed by atoms with van der Waals surface area (Å²) < 4.78 is 7.12. The van der Waals surface area contributed by atoms with Crippen LogP contribution in [0.25, 0.3) is 5.69 Å². The van der Waals surface area contributed by atoms with Crippen molar-refractivity contribution in [2.45, 2.75) is 20.4 Å². The van der Waals surface area contributed by atoms with Crippen LogP contribution in [-0.4, -0.2) is 32.6 Å². The number of hydrogen-bond acceptors (Lipinski definition) is 4. The molecule has 1 aromatic carbocycles. The van der Waals surface area contributed by atoms with Gasteiger partial charge in [0, 0.05) is 12.1 Å². The van der Waals surface area contributed by atoms with Crippen LogP contribution in [0.3, 0.4) is 0 Å². The fourth-order valence-electron chi connectivity index (χ4n) is 2.35. The number of nitrogens with zero attached hydrogens (tertiary/aromatic N) is 4. The van der Waals surface area contributed by atoms with Gasteiger partial charge >= 0.3 is 0 Å². The molecule has 0 saturated heterocycles. The van der Waals surface area contributed by atoms with E-state index in [9.17, 15) is 4.79 Å². The first-order valence-corrected chi connectivity index (χ1v) is 7.82. The quantitative estimate of drug-likeness (QED) is 0.727. The lowest BCUT2D eigenvalue weighted by molar-refractivity contribution is 0.0763. The highest BCUT2D eigenvalue weighted by molar-refractivity contribution is 6.30. The van der Waals surface area contributed by atoms with E-state index in [-0.39, 0.29) is 11.7 Å². The van der Waals surface area contributed by atoms with Crippen LogP contribution in [0.5, 0.6) is 0 Å². The molecule has 3 rings (SSSR count). The summed E-state index contributed by atoms with van der Waals surface area (Å²) >= 11 is 5.90. The average Bonchev–Trinajstić information content (AvgIpc) is 3.13. The fourth-order valence-corrected chi connectivity index (χ4v) is 2.48. The van der Waals surface area contributed by atoms with Crippen molar-refractivity contribution in [3.63, 3.8) is 0 Å². The molecule has 0 radical (unpaired) electrons. The minimum Gasteiger partial charge on any atom is -0.464 e. The molecule has 124 valence electrons. The van der Waals surface area contributed by atoms with Gasteiger partial charge in [0.05, 0.1) is 12.2 Å². The maximum absolute atomic E-state index is 12.5. The molecule has 0 aliphatic rings.